The number of methoxy groups -OCH3 is 1. The Labute approximate surface area is 201 Å². The molecule has 1 fully saturated rings. The zero-order valence-corrected chi connectivity index (χ0v) is 20.3. The Morgan fingerprint density at radius 2 is 1.50 bits per heavy atom. The SMILES string of the molecule is COc1ccc(S(=O)(=O)N2CCC(C(=O)N[C@@H](c3ccccc3)c3ccc(C)cc3)CC2)cc1. The van der Waals surface area contributed by atoms with Crippen molar-refractivity contribution in [3.63, 3.8) is 0 Å². The quantitative estimate of drug-likeness (QED) is 0.549. The number of carbonyl (C=O) groups excluding carboxylic acids is 1. The molecule has 7 heteroatoms. The smallest absolute Gasteiger partial charge is 0.243 e. The minimum Gasteiger partial charge on any atom is -0.497 e. The van der Waals surface area contributed by atoms with Crippen molar-refractivity contribution >= 4 is 15.9 Å². The van der Waals surface area contributed by atoms with Crippen molar-refractivity contribution in [2.24, 2.45) is 5.92 Å². The van der Waals surface area contributed by atoms with Gasteiger partial charge in [0.15, 0.2) is 0 Å². The summed E-state index contributed by atoms with van der Waals surface area (Å²) in [5.74, 6) is 0.325. The first-order valence-corrected chi connectivity index (χ1v) is 12.9. The lowest BCUT2D eigenvalue weighted by atomic mass is 9.94. The largest absolute Gasteiger partial charge is 0.497 e. The summed E-state index contributed by atoms with van der Waals surface area (Å²) >= 11 is 0. The zero-order valence-electron chi connectivity index (χ0n) is 19.5. The number of hydrogen-bond acceptors (Lipinski definition) is 4. The molecule has 0 saturated carbocycles. The van der Waals surface area contributed by atoms with Crippen LogP contribution in [0, 0.1) is 12.8 Å². The van der Waals surface area contributed by atoms with E-state index >= 15 is 0 Å². The van der Waals surface area contributed by atoms with Gasteiger partial charge < -0.3 is 10.1 Å². The lowest BCUT2D eigenvalue weighted by Crippen LogP contribution is -2.43. The van der Waals surface area contributed by atoms with Crippen LogP contribution >= 0.6 is 0 Å². The summed E-state index contributed by atoms with van der Waals surface area (Å²) in [5, 5.41) is 3.22. The molecule has 1 atom stereocenters. The van der Waals surface area contributed by atoms with Crippen LogP contribution in [-0.4, -0.2) is 38.8 Å². The van der Waals surface area contributed by atoms with Crippen LogP contribution in [0.2, 0.25) is 0 Å². The monoisotopic (exact) mass is 478 g/mol. The van der Waals surface area contributed by atoms with Crippen LogP contribution in [0.3, 0.4) is 0 Å². The number of piperidine rings is 1. The van der Waals surface area contributed by atoms with Gasteiger partial charge >= 0.3 is 0 Å². The molecular weight excluding hydrogens is 448 g/mol. The van der Waals surface area contributed by atoms with Crippen molar-refractivity contribution in [2.75, 3.05) is 20.2 Å². The second kappa shape index (κ2) is 10.4. The average Bonchev–Trinajstić information content (AvgIpc) is 2.88. The van der Waals surface area contributed by atoms with E-state index in [2.05, 4.69) is 5.32 Å². The molecule has 178 valence electrons. The minimum atomic E-state index is -3.60. The van der Waals surface area contributed by atoms with Crippen molar-refractivity contribution < 1.29 is 17.9 Å². The molecule has 6 nitrogen and oxygen atoms in total. The normalized spacial score (nSPS) is 16.1. The number of ether oxygens (including phenoxy) is 1. The standard InChI is InChI=1S/C27H30N2O4S/c1-20-8-10-22(11-9-20)26(21-6-4-3-5-7-21)28-27(30)23-16-18-29(19-17-23)34(31,32)25-14-12-24(33-2)13-15-25/h3-15,23,26H,16-19H2,1-2H3,(H,28,30)/t26-/m0/s1. The number of nitrogens with zero attached hydrogens (tertiary/aromatic N) is 1. The van der Waals surface area contributed by atoms with Crippen molar-refractivity contribution in [3.8, 4) is 5.75 Å². The van der Waals surface area contributed by atoms with Gasteiger partial charge in [0, 0.05) is 19.0 Å². The lowest BCUT2D eigenvalue weighted by molar-refractivity contribution is -0.126. The Hall–Kier alpha value is -3.16. The maximum absolute atomic E-state index is 13.2. The number of aryl methyl sites for hydroxylation is 1. The average molecular weight is 479 g/mol. The number of benzene rings is 3. The van der Waals surface area contributed by atoms with Gasteiger partial charge in [-0.2, -0.15) is 4.31 Å². The van der Waals surface area contributed by atoms with Gasteiger partial charge in [-0.15, -0.1) is 0 Å². The van der Waals surface area contributed by atoms with E-state index in [1.54, 1.807) is 31.4 Å². The van der Waals surface area contributed by atoms with Crippen LogP contribution in [0.4, 0.5) is 0 Å². The Morgan fingerprint density at radius 3 is 2.09 bits per heavy atom. The summed E-state index contributed by atoms with van der Waals surface area (Å²) in [7, 11) is -2.06. The highest BCUT2D eigenvalue weighted by molar-refractivity contribution is 7.89. The summed E-state index contributed by atoms with van der Waals surface area (Å²) in [6.45, 7) is 2.66. The van der Waals surface area contributed by atoms with E-state index in [1.165, 1.54) is 4.31 Å². The van der Waals surface area contributed by atoms with E-state index in [-0.39, 0.29) is 22.8 Å². The van der Waals surface area contributed by atoms with E-state index in [1.807, 2.05) is 61.5 Å². The fourth-order valence-corrected chi connectivity index (χ4v) is 5.75. The van der Waals surface area contributed by atoms with E-state index in [4.69, 9.17) is 4.74 Å². The predicted octanol–water partition coefficient (Wildman–Crippen LogP) is 4.31. The first-order chi connectivity index (χ1) is 16.4. The summed E-state index contributed by atoms with van der Waals surface area (Å²) in [6.07, 6.45) is 0.966. The first kappa shape index (κ1) is 24.0. The Bertz CT molecular complexity index is 1200. The van der Waals surface area contributed by atoms with Gasteiger partial charge in [-0.25, -0.2) is 8.42 Å². The van der Waals surface area contributed by atoms with Crippen LogP contribution in [0.25, 0.3) is 0 Å². The molecule has 0 aromatic heterocycles. The van der Waals surface area contributed by atoms with E-state index in [0.717, 1.165) is 16.7 Å². The topological polar surface area (TPSA) is 75.7 Å². The molecule has 1 aliphatic heterocycles. The fourth-order valence-electron chi connectivity index (χ4n) is 4.28. The molecule has 34 heavy (non-hydrogen) atoms. The number of sulfonamides is 1. The van der Waals surface area contributed by atoms with Crippen molar-refractivity contribution in [1.82, 2.24) is 9.62 Å². The maximum Gasteiger partial charge on any atom is 0.243 e. The maximum atomic E-state index is 13.2. The number of rotatable bonds is 7. The Balaban J connectivity index is 1.44. The van der Waals surface area contributed by atoms with Crippen LogP contribution in [0.15, 0.2) is 83.8 Å². The Kier molecular flexibility index (Phi) is 7.34. The molecule has 3 aromatic carbocycles. The summed E-state index contributed by atoms with van der Waals surface area (Å²) in [5.41, 5.74) is 3.19. The van der Waals surface area contributed by atoms with Crippen LogP contribution in [0.5, 0.6) is 5.75 Å². The second-order valence-electron chi connectivity index (χ2n) is 8.62. The highest BCUT2D eigenvalue weighted by atomic mass is 32.2. The molecule has 0 radical (unpaired) electrons. The van der Waals surface area contributed by atoms with Gasteiger partial charge in [-0.1, -0.05) is 60.2 Å². The third kappa shape index (κ3) is 5.32. The molecule has 1 heterocycles. The molecule has 0 unspecified atom stereocenters. The lowest BCUT2D eigenvalue weighted by Gasteiger charge is -2.31. The van der Waals surface area contributed by atoms with Crippen molar-refractivity contribution in [2.45, 2.75) is 30.7 Å². The summed E-state index contributed by atoms with van der Waals surface area (Å²) < 4.78 is 32.6. The second-order valence-corrected chi connectivity index (χ2v) is 10.6. The fraction of sp³-hybridized carbons (Fsp3) is 0.296. The first-order valence-electron chi connectivity index (χ1n) is 11.4. The van der Waals surface area contributed by atoms with Crippen LogP contribution in [-0.2, 0) is 14.8 Å². The molecule has 0 bridgehead atoms. The van der Waals surface area contributed by atoms with E-state index < -0.39 is 10.0 Å². The minimum absolute atomic E-state index is 0.0454. The summed E-state index contributed by atoms with van der Waals surface area (Å²) in [4.78, 5) is 13.5. The van der Waals surface area contributed by atoms with Gasteiger partial charge in [-0.3, -0.25) is 4.79 Å². The van der Waals surface area contributed by atoms with Crippen LogP contribution < -0.4 is 10.1 Å². The molecule has 0 aliphatic carbocycles. The van der Waals surface area contributed by atoms with E-state index in [0.29, 0.717) is 31.7 Å². The Morgan fingerprint density at radius 1 is 0.912 bits per heavy atom. The predicted molar refractivity (Wildman–Crippen MR) is 132 cm³/mol. The van der Waals surface area contributed by atoms with Gasteiger partial charge in [0.25, 0.3) is 0 Å². The molecule has 3 aromatic rings. The van der Waals surface area contributed by atoms with Gasteiger partial charge in [-0.05, 0) is 55.2 Å². The molecule has 4 rings (SSSR count). The molecular formula is C27H30N2O4S. The van der Waals surface area contributed by atoms with Crippen LogP contribution in [0.1, 0.15) is 35.6 Å². The molecule has 1 N–H and O–H groups in total. The molecule has 0 spiro atoms. The number of nitrogens with one attached hydrogen (secondary N) is 1. The molecule has 1 aliphatic rings. The number of carbonyl (C=O) groups is 1. The van der Waals surface area contributed by atoms with Crippen molar-refractivity contribution in [3.05, 3.63) is 95.6 Å². The number of amides is 1. The molecule has 1 amide bonds. The highest BCUT2D eigenvalue weighted by Crippen LogP contribution is 2.27. The summed E-state index contributed by atoms with van der Waals surface area (Å²) in [6, 6.07) is 24.2. The van der Waals surface area contributed by atoms with Gasteiger partial charge in [0.1, 0.15) is 5.75 Å². The van der Waals surface area contributed by atoms with Crippen molar-refractivity contribution in [1.29, 1.82) is 0 Å². The number of hydrogen-bond donors (Lipinski definition) is 1. The zero-order chi connectivity index (χ0) is 24.1. The molecule has 1 saturated heterocycles. The van der Waals surface area contributed by atoms with Gasteiger partial charge in [0.2, 0.25) is 15.9 Å². The third-order valence-corrected chi connectivity index (χ3v) is 8.26. The van der Waals surface area contributed by atoms with E-state index in [9.17, 15) is 13.2 Å². The van der Waals surface area contributed by atoms with Gasteiger partial charge in [0.05, 0.1) is 18.0 Å². The highest BCUT2D eigenvalue weighted by Gasteiger charge is 2.33. The third-order valence-electron chi connectivity index (χ3n) is 6.35.